The second kappa shape index (κ2) is 8.26. The fourth-order valence-electron chi connectivity index (χ4n) is 3.93. The summed E-state index contributed by atoms with van der Waals surface area (Å²) in [6.07, 6.45) is 3.73. The Morgan fingerprint density at radius 1 is 1.32 bits per heavy atom. The van der Waals surface area contributed by atoms with E-state index >= 15 is 0 Å². The van der Waals surface area contributed by atoms with Gasteiger partial charge in [0.05, 0.1) is 18.1 Å². The van der Waals surface area contributed by atoms with Crippen LogP contribution in [0, 0.1) is 0 Å². The molecule has 8 heteroatoms. The van der Waals surface area contributed by atoms with E-state index in [0.717, 1.165) is 23.2 Å². The molecule has 3 heterocycles. The summed E-state index contributed by atoms with van der Waals surface area (Å²) < 4.78 is 5.79. The van der Waals surface area contributed by atoms with Crippen LogP contribution in [0.15, 0.2) is 39.9 Å². The first-order valence-corrected chi connectivity index (χ1v) is 10.7. The number of oxime groups is 1. The maximum absolute atomic E-state index is 13.0. The monoisotopic (exact) mass is 401 g/mol. The molecular formula is C20H23N3O4S. The van der Waals surface area contributed by atoms with Crippen LogP contribution in [0.4, 0.5) is 0 Å². The summed E-state index contributed by atoms with van der Waals surface area (Å²) >= 11 is 1.62. The van der Waals surface area contributed by atoms with Crippen LogP contribution in [0.1, 0.15) is 25.0 Å². The van der Waals surface area contributed by atoms with Crippen LogP contribution < -0.4 is 0 Å². The molecule has 0 radical (unpaired) electrons. The quantitative estimate of drug-likeness (QED) is 0.473. The summed E-state index contributed by atoms with van der Waals surface area (Å²) in [5.74, 6) is 1.99. The molecule has 4 rings (SSSR count). The number of carbonyl (C=O) groups excluding carboxylic acids is 2. The van der Waals surface area contributed by atoms with E-state index < -0.39 is 6.04 Å². The van der Waals surface area contributed by atoms with Crippen molar-refractivity contribution in [2.75, 3.05) is 18.2 Å². The molecule has 2 amide bonds. The fourth-order valence-corrected chi connectivity index (χ4v) is 5.06. The summed E-state index contributed by atoms with van der Waals surface area (Å²) in [6.45, 7) is 0.606. The van der Waals surface area contributed by atoms with Crippen LogP contribution in [0.5, 0.6) is 0 Å². The Bertz CT molecular complexity index is 863. The van der Waals surface area contributed by atoms with Crippen molar-refractivity contribution < 1.29 is 19.2 Å². The molecule has 7 nitrogen and oxygen atoms in total. The number of hydrogen-bond acceptors (Lipinski definition) is 6. The van der Waals surface area contributed by atoms with Gasteiger partial charge in [-0.3, -0.25) is 9.59 Å². The molecule has 2 saturated heterocycles. The van der Waals surface area contributed by atoms with Crippen molar-refractivity contribution in [2.24, 2.45) is 5.16 Å². The number of rotatable bonds is 5. The number of amides is 2. The Kier molecular flexibility index (Phi) is 5.57. The van der Waals surface area contributed by atoms with Gasteiger partial charge in [0.15, 0.2) is 0 Å². The average Bonchev–Trinajstić information content (AvgIpc) is 3.44. The number of carbonyl (C=O) groups is 2. The molecule has 0 spiro atoms. The van der Waals surface area contributed by atoms with E-state index in [1.165, 1.54) is 6.21 Å². The molecule has 28 heavy (non-hydrogen) atoms. The molecule has 2 aliphatic rings. The molecule has 1 aromatic carbocycles. The highest BCUT2D eigenvalue weighted by molar-refractivity contribution is 7.99. The predicted octanol–water partition coefficient (Wildman–Crippen LogP) is 2.72. The second-order valence-electron chi connectivity index (χ2n) is 7.14. The minimum absolute atomic E-state index is 0.0180. The van der Waals surface area contributed by atoms with Gasteiger partial charge in [-0.1, -0.05) is 23.4 Å². The van der Waals surface area contributed by atoms with Crippen molar-refractivity contribution in [3.63, 3.8) is 0 Å². The lowest BCUT2D eigenvalue weighted by molar-refractivity contribution is -0.143. The van der Waals surface area contributed by atoms with Gasteiger partial charge in [-0.2, -0.15) is 0 Å². The Labute approximate surface area is 167 Å². The number of para-hydroxylation sites is 1. The maximum atomic E-state index is 13.0. The van der Waals surface area contributed by atoms with Crippen molar-refractivity contribution in [1.82, 2.24) is 9.80 Å². The minimum atomic E-state index is -0.420. The summed E-state index contributed by atoms with van der Waals surface area (Å²) in [6, 6.07) is 9.11. The number of hydrogen-bond donors (Lipinski definition) is 1. The van der Waals surface area contributed by atoms with Gasteiger partial charge in [0, 0.05) is 30.5 Å². The van der Waals surface area contributed by atoms with E-state index in [-0.39, 0.29) is 17.9 Å². The lowest BCUT2D eigenvalue weighted by atomic mass is 10.1. The topological polar surface area (TPSA) is 86.4 Å². The molecule has 0 bridgehead atoms. The summed E-state index contributed by atoms with van der Waals surface area (Å²) in [7, 11) is 0. The van der Waals surface area contributed by atoms with Crippen molar-refractivity contribution in [3.8, 4) is 0 Å². The third-order valence-corrected chi connectivity index (χ3v) is 6.40. The molecule has 0 aliphatic carbocycles. The minimum Gasteiger partial charge on any atom is -0.461 e. The molecule has 0 unspecified atom stereocenters. The predicted molar refractivity (Wildman–Crippen MR) is 108 cm³/mol. The number of thioether (sulfide) groups is 1. The van der Waals surface area contributed by atoms with Gasteiger partial charge in [-0.05, 0) is 25.0 Å². The van der Waals surface area contributed by atoms with Gasteiger partial charge < -0.3 is 19.4 Å². The number of likely N-dealkylation sites (tertiary alicyclic amines) is 1. The number of nitrogens with zero attached hydrogens (tertiary/aromatic N) is 3. The molecule has 0 saturated carbocycles. The van der Waals surface area contributed by atoms with E-state index in [4.69, 9.17) is 9.62 Å². The third-order valence-electron chi connectivity index (χ3n) is 5.36. The zero-order valence-corrected chi connectivity index (χ0v) is 16.3. The molecular weight excluding hydrogens is 378 g/mol. The first-order valence-electron chi connectivity index (χ1n) is 9.50. The average molecular weight is 401 g/mol. The van der Waals surface area contributed by atoms with Crippen molar-refractivity contribution in [1.29, 1.82) is 0 Å². The van der Waals surface area contributed by atoms with Crippen molar-refractivity contribution >= 4 is 40.8 Å². The van der Waals surface area contributed by atoms with Gasteiger partial charge in [0.1, 0.15) is 17.4 Å². The highest BCUT2D eigenvalue weighted by Gasteiger charge is 2.39. The van der Waals surface area contributed by atoms with Crippen LogP contribution in [-0.4, -0.2) is 63.3 Å². The van der Waals surface area contributed by atoms with E-state index in [1.54, 1.807) is 21.6 Å². The second-order valence-corrected chi connectivity index (χ2v) is 8.14. The highest BCUT2D eigenvalue weighted by Crippen LogP contribution is 2.27. The van der Waals surface area contributed by atoms with Crippen LogP contribution in [0.3, 0.4) is 0 Å². The summed E-state index contributed by atoms with van der Waals surface area (Å²) in [4.78, 5) is 29.2. The van der Waals surface area contributed by atoms with Gasteiger partial charge in [0.2, 0.25) is 11.8 Å². The molecule has 2 aliphatic heterocycles. The molecule has 2 aromatic rings. The Morgan fingerprint density at radius 2 is 2.18 bits per heavy atom. The fraction of sp³-hybridized carbons (Fsp3) is 0.450. The number of furan rings is 1. The molecule has 1 aromatic heterocycles. The number of aryl methyl sites for hydroxylation is 1. The van der Waals surface area contributed by atoms with Crippen LogP contribution in [0.2, 0.25) is 0 Å². The van der Waals surface area contributed by atoms with Gasteiger partial charge >= 0.3 is 0 Å². The Balaban J connectivity index is 1.39. The van der Waals surface area contributed by atoms with E-state index in [2.05, 4.69) is 5.16 Å². The summed E-state index contributed by atoms with van der Waals surface area (Å²) in [5.41, 5.74) is 0.822. The normalized spacial score (nSPS) is 22.6. The molecule has 1 N–H and O–H groups in total. The zero-order valence-electron chi connectivity index (χ0n) is 15.5. The van der Waals surface area contributed by atoms with Gasteiger partial charge in [-0.15, -0.1) is 11.8 Å². The standard InChI is InChI=1S/C20H23N3O4S/c24-19(8-7-16-10-14-4-1-2-6-18(14)27-16)22-9-3-5-17(22)20(25)23-13-28-12-15(23)11-21-26/h1-2,4,6,10-11,15,17,26H,3,5,7-9,12-13H2/t15-,17-/m1/s1. The SMILES string of the molecule is O=C([C@H]1CCCN1C(=O)CCc1cc2ccccc2o1)N1CSC[C@H]1C=NO. The lowest BCUT2D eigenvalue weighted by Crippen LogP contribution is -2.50. The number of benzene rings is 1. The highest BCUT2D eigenvalue weighted by atomic mass is 32.2. The largest absolute Gasteiger partial charge is 0.461 e. The maximum Gasteiger partial charge on any atom is 0.246 e. The zero-order chi connectivity index (χ0) is 19.5. The van der Waals surface area contributed by atoms with Crippen LogP contribution >= 0.6 is 11.8 Å². The van der Waals surface area contributed by atoms with Crippen molar-refractivity contribution in [3.05, 3.63) is 36.1 Å². The smallest absolute Gasteiger partial charge is 0.246 e. The number of fused-ring (bicyclic) bond motifs is 1. The van der Waals surface area contributed by atoms with E-state index in [9.17, 15) is 9.59 Å². The Morgan fingerprint density at radius 3 is 3.00 bits per heavy atom. The first-order chi connectivity index (χ1) is 13.7. The van der Waals surface area contributed by atoms with E-state index in [0.29, 0.717) is 37.4 Å². The van der Waals surface area contributed by atoms with Crippen molar-refractivity contribution in [2.45, 2.75) is 37.8 Å². The van der Waals surface area contributed by atoms with Gasteiger partial charge in [0.25, 0.3) is 0 Å². The van der Waals surface area contributed by atoms with Gasteiger partial charge in [-0.25, -0.2) is 0 Å². The molecule has 2 atom stereocenters. The lowest BCUT2D eigenvalue weighted by Gasteiger charge is -2.29. The summed E-state index contributed by atoms with van der Waals surface area (Å²) in [5, 5.41) is 12.9. The molecule has 148 valence electrons. The molecule has 2 fully saturated rings. The van der Waals surface area contributed by atoms with E-state index in [1.807, 2.05) is 30.3 Å². The third kappa shape index (κ3) is 3.73. The van der Waals surface area contributed by atoms with Crippen LogP contribution in [-0.2, 0) is 16.0 Å². The van der Waals surface area contributed by atoms with Crippen LogP contribution in [0.25, 0.3) is 11.0 Å². The first kappa shape index (κ1) is 18.9. The Hall–Kier alpha value is -2.48.